The maximum absolute atomic E-state index is 7.57. The van der Waals surface area contributed by atoms with Crippen molar-refractivity contribution in [3.63, 3.8) is 0 Å². The number of hydrogen-bond acceptors (Lipinski definition) is 1. The smallest absolute Gasteiger partial charge is 0.0402 e. The van der Waals surface area contributed by atoms with Gasteiger partial charge in [0, 0.05) is 12.5 Å². The Morgan fingerprint density at radius 3 is 2.41 bits per heavy atom. The van der Waals surface area contributed by atoms with E-state index in [9.17, 15) is 0 Å². The van der Waals surface area contributed by atoms with E-state index in [2.05, 4.69) is 78.9 Å². The summed E-state index contributed by atoms with van der Waals surface area (Å²) in [5.41, 5.74) is 10.4. The molecule has 0 aliphatic heterocycles. The molecule has 2 aliphatic rings. The van der Waals surface area contributed by atoms with Crippen molar-refractivity contribution in [3.05, 3.63) is 101 Å². The van der Waals surface area contributed by atoms with Gasteiger partial charge in [0.05, 0.1) is 0 Å². The minimum absolute atomic E-state index is 0.250. The Morgan fingerprint density at radius 1 is 0.852 bits per heavy atom. The van der Waals surface area contributed by atoms with E-state index in [0.29, 0.717) is 5.92 Å². The summed E-state index contributed by atoms with van der Waals surface area (Å²) in [4.78, 5) is 0. The first-order valence-corrected chi connectivity index (χ1v) is 9.90. The van der Waals surface area contributed by atoms with Crippen LogP contribution in [0.25, 0.3) is 17.2 Å². The normalized spacial score (nSPS) is 16.4. The van der Waals surface area contributed by atoms with Crippen molar-refractivity contribution in [2.75, 3.05) is 6.61 Å². The zero-order chi connectivity index (χ0) is 18.6. The fraction of sp³-hybridized carbons (Fsp3) is 0.231. The molecule has 0 radical (unpaired) electrons. The highest BCUT2D eigenvalue weighted by molar-refractivity contribution is 5.78. The zero-order valence-corrected chi connectivity index (χ0v) is 15.9. The van der Waals surface area contributed by atoms with Crippen molar-refractivity contribution in [1.29, 1.82) is 0 Å². The van der Waals surface area contributed by atoms with Crippen LogP contribution in [-0.2, 0) is 12.8 Å². The first-order valence-electron chi connectivity index (χ1n) is 9.90. The van der Waals surface area contributed by atoms with Gasteiger partial charge in [0.1, 0.15) is 0 Å². The van der Waals surface area contributed by atoms with Gasteiger partial charge in [-0.3, -0.25) is 0 Å². The van der Waals surface area contributed by atoms with Crippen LogP contribution in [0.15, 0.2) is 72.8 Å². The van der Waals surface area contributed by atoms with Crippen molar-refractivity contribution in [1.82, 2.24) is 0 Å². The summed E-state index contributed by atoms with van der Waals surface area (Å²) >= 11 is 0. The van der Waals surface area contributed by atoms with E-state index in [1.807, 2.05) is 0 Å². The third-order valence-electron chi connectivity index (χ3n) is 5.56. The van der Waals surface area contributed by atoms with Gasteiger partial charge < -0.3 is 5.11 Å². The van der Waals surface area contributed by atoms with Gasteiger partial charge >= 0.3 is 0 Å². The summed E-state index contributed by atoms with van der Waals surface area (Å²) in [6, 6.07) is 24.6. The molecule has 136 valence electrons. The van der Waals surface area contributed by atoms with Crippen LogP contribution in [0.2, 0.25) is 0 Å². The monoisotopic (exact) mass is 354 g/mol. The molecule has 1 unspecified atom stereocenters. The predicted molar refractivity (Wildman–Crippen MR) is 114 cm³/mol. The molecule has 2 aliphatic carbocycles. The predicted octanol–water partition coefficient (Wildman–Crippen LogP) is 6.00. The topological polar surface area (TPSA) is 20.2 Å². The second kappa shape index (κ2) is 7.94. The lowest BCUT2D eigenvalue weighted by Crippen LogP contribution is -2.14. The molecule has 0 saturated heterocycles. The van der Waals surface area contributed by atoms with Crippen molar-refractivity contribution in [2.24, 2.45) is 0 Å². The van der Waals surface area contributed by atoms with Crippen LogP contribution in [0.4, 0.5) is 0 Å². The van der Waals surface area contributed by atoms with Crippen LogP contribution in [-0.4, -0.2) is 11.7 Å². The Hall–Kier alpha value is -2.64. The molecule has 0 spiro atoms. The largest absolute Gasteiger partial charge is 0.397 e. The van der Waals surface area contributed by atoms with Gasteiger partial charge in [-0.05, 0) is 65.1 Å². The number of aliphatic hydroxyl groups is 1. The van der Waals surface area contributed by atoms with E-state index in [1.54, 1.807) is 18.1 Å². The summed E-state index contributed by atoms with van der Waals surface area (Å²) in [6.45, 7) is 1.93. The van der Waals surface area contributed by atoms with Crippen molar-refractivity contribution in [3.8, 4) is 11.1 Å². The van der Waals surface area contributed by atoms with Crippen LogP contribution in [0.3, 0.4) is 0 Å². The Balaban J connectivity index is 0.000000565. The molecular weight excluding hydrogens is 328 g/mol. The second-order valence-electron chi connectivity index (χ2n) is 7.17. The summed E-state index contributed by atoms with van der Waals surface area (Å²) in [6.07, 6.45) is 8.07. The number of fused-ring (bicyclic) bond motifs is 5. The molecule has 1 heteroatoms. The summed E-state index contributed by atoms with van der Waals surface area (Å²) < 4.78 is 0. The standard InChI is InChI=1S/C24H20.C2H6O/c1-2-7-17(8-3-1)21-12-6-10-19-14-15-22-20-11-5-4-9-18(20)13-16-23(22)24(19)21;1-2-3/h1-11,14-15,21H,12-13,16H2;3H,2H2,1H3. The molecule has 0 saturated carbocycles. The third-order valence-corrected chi connectivity index (χ3v) is 5.56. The minimum atomic E-state index is 0.250. The third kappa shape index (κ3) is 3.36. The Labute approximate surface area is 162 Å². The van der Waals surface area contributed by atoms with E-state index in [0.717, 1.165) is 19.3 Å². The highest BCUT2D eigenvalue weighted by atomic mass is 16.2. The molecule has 0 amide bonds. The van der Waals surface area contributed by atoms with Gasteiger partial charge in [0.25, 0.3) is 0 Å². The SMILES string of the molecule is C1=Cc2ccc3c(c2C(c2ccccc2)C1)CCc1ccccc1-3.CCO. The lowest BCUT2D eigenvalue weighted by molar-refractivity contribution is 0.318. The van der Waals surface area contributed by atoms with Crippen LogP contribution in [0, 0.1) is 0 Å². The van der Waals surface area contributed by atoms with Crippen LogP contribution >= 0.6 is 0 Å². The number of benzene rings is 3. The van der Waals surface area contributed by atoms with Crippen LogP contribution < -0.4 is 0 Å². The van der Waals surface area contributed by atoms with Gasteiger partial charge in [-0.2, -0.15) is 0 Å². The lowest BCUT2D eigenvalue weighted by Gasteiger charge is -2.30. The molecule has 0 aromatic heterocycles. The van der Waals surface area contributed by atoms with E-state index in [-0.39, 0.29) is 6.61 Å². The van der Waals surface area contributed by atoms with Crippen LogP contribution in [0.5, 0.6) is 0 Å². The first-order chi connectivity index (χ1) is 13.3. The molecule has 27 heavy (non-hydrogen) atoms. The quantitative estimate of drug-likeness (QED) is 0.568. The Bertz CT molecular complexity index is 953. The zero-order valence-electron chi connectivity index (χ0n) is 15.9. The van der Waals surface area contributed by atoms with Gasteiger partial charge in [-0.1, -0.05) is 78.9 Å². The average Bonchev–Trinajstić information content (AvgIpc) is 2.74. The van der Waals surface area contributed by atoms with Gasteiger partial charge in [0.2, 0.25) is 0 Å². The summed E-state index contributed by atoms with van der Waals surface area (Å²) in [5, 5.41) is 7.57. The highest BCUT2D eigenvalue weighted by Gasteiger charge is 2.26. The summed E-state index contributed by atoms with van der Waals surface area (Å²) in [5.74, 6) is 0.492. The molecule has 3 aromatic carbocycles. The minimum Gasteiger partial charge on any atom is -0.397 e. The highest BCUT2D eigenvalue weighted by Crippen LogP contribution is 2.43. The Morgan fingerprint density at radius 2 is 1.59 bits per heavy atom. The van der Waals surface area contributed by atoms with E-state index >= 15 is 0 Å². The van der Waals surface area contributed by atoms with E-state index in [1.165, 1.54) is 27.8 Å². The second-order valence-corrected chi connectivity index (χ2v) is 7.17. The molecule has 1 nitrogen and oxygen atoms in total. The molecule has 0 heterocycles. The molecule has 0 fully saturated rings. The molecule has 5 rings (SSSR count). The Kier molecular flexibility index (Phi) is 5.22. The van der Waals surface area contributed by atoms with Crippen LogP contribution in [0.1, 0.15) is 47.1 Å². The van der Waals surface area contributed by atoms with Crippen molar-refractivity contribution < 1.29 is 5.11 Å². The van der Waals surface area contributed by atoms with Crippen molar-refractivity contribution >= 4 is 6.08 Å². The molecule has 0 bridgehead atoms. The summed E-state index contributed by atoms with van der Waals surface area (Å²) in [7, 11) is 0. The lowest BCUT2D eigenvalue weighted by atomic mass is 9.74. The molecule has 3 aromatic rings. The molecular formula is C26H26O. The number of aliphatic hydroxyl groups excluding tert-OH is 1. The van der Waals surface area contributed by atoms with Gasteiger partial charge in [-0.15, -0.1) is 0 Å². The number of rotatable bonds is 1. The van der Waals surface area contributed by atoms with E-state index < -0.39 is 0 Å². The maximum atomic E-state index is 7.57. The number of hydrogen-bond donors (Lipinski definition) is 1. The van der Waals surface area contributed by atoms with Crippen molar-refractivity contribution in [2.45, 2.75) is 32.1 Å². The fourth-order valence-corrected chi connectivity index (χ4v) is 4.46. The van der Waals surface area contributed by atoms with Gasteiger partial charge in [0.15, 0.2) is 0 Å². The number of aryl methyl sites for hydroxylation is 1. The van der Waals surface area contributed by atoms with Gasteiger partial charge in [-0.25, -0.2) is 0 Å². The molecule has 1 atom stereocenters. The fourth-order valence-electron chi connectivity index (χ4n) is 4.46. The average molecular weight is 354 g/mol. The molecule has 1 N–H and O–H groups in total. The maximum Gasteiger partial charge on any atom is 0.0402 e. The number of allylic oxidation sites excluding steroid dienone is 1. The first kappa shape index (κ1) is 17.8. The van der Waals surface area contributed by atoms with E-state index in [4.69, 9.17) is 5.11 Å².